The number of nitrogens with one attached hydrogen (secondary N) is 1. The highest BCUT2D eigenvalue weighted by molar-refractivity contribution is 4.73. The van der Waals surface area contributed by atoms with E-state index in [0.29, 0.717) is 13.2 Å². The lowest BCUT2D eigenvalue weighted by Gasteiger charge is -1.93. The Labute approximate surface area is 53.3 Å². The number of H-pyrrole nitrogens is 1. The molecule has 0 aliphatic carbocycles. The Morgan fingerprint density at radius 1 is 1.78 bits per heavy atom. The Bertz CT molecular complexity index is 149. The van der Waals surface area contributed by atoms with Crippen LogP contribution in [0.5, 0.6) is 0 Å². The Morgan fingerprint density at radius 3 is 3.22 bits per heavy atom. The second kappa shape index (κ2) is 3.19. The Hall–Kier alpha value is -0.900. The van der Waals surface area contributed by atoms with Gasteiger partial charge in [-0.15, -0.1) is 5.10 Å². The third-order valence-corrected chi connectivity index (χ3v) is 0.863. The van der Waals surface area contributed by atoms with E-state index >= 15 is 0 Å². The van der Waals surface area contributed by atoms with E-state index < -0.39 is 0 Å². The van der Waals surface area contributed by atoms with Crippen LogP contribution in [0, 0.1) is 6.33 Å². The Balaban J connectivity index is 2.30. The maximum absolute atomic E-state index is 5.02. The van der Waals surface area contributed by atoms with Crippen LogP contribution in [0.3, 0.4) is 0 Å². The zero-order valence-corrected chi connectivity index (χ0v) is 5.22. The van der Waals surface area contributed by atoms with Gasteiger partial charge in [0.25, 0.3) is 0 Å². The number of hydrogen-bond acceptors (Lipinski definition) is 3. The second-order valence-electron chi connectivity index (χ2n) is 1.52. The van der Waals surface area contributed by atoms with Gasteiger partial charge in [-0.2, -0.15) is 0 Å². The van der Waals surface area contributed by atoms with Crippen molar-refractivity contribution in [3.63, 3.8) is 0 Å². The van der Waals surface area contributed by atoms with Crippen LogP contribution in [-0.4, -0.2) is 21.8 Å². The van der Waals surface area contributed by atoms with Crippen molar-refractivity contribution in [2.45, 2.75) is 13.5 Å². The quantitative estimate of drug-likeness (QED) is 0.626. The van der Waals surface area contributed by atoms with Crippen LogP contribution in [0.2, 0.25) is 0 Å². The molecule has 0 fully saturated rings. The van der Waals surface area contributed by atoms with Crippen molar-refractivity contribution in [1.82, 2.24) is 15.2 Å². The fourth-order valence-electron chi connectivity index (χ4n) is 0.463. The molecule has 0 unspecified atom stereocenters. The van der Waals surface area contributed by atoms with E-state index in [9.17, 15) is 0 Å². The molecule has 1 rings (SSSR count). The lowest BCUT2D eigenvalue weighted by atomic mass is 10.7. The van der Waals surface area contributed by atoms with E-state index in [1.165, 1.54) is 0 Å². The predicted molar refractivity (Wildman–Crippen MR) is 30.5 cm³/mol. The SMILES string of the molecule is CCOCc1n[c]n[nH]1. The van der Waals surface area contributed by atoms with Crippen LogP contribution in [0.1, 0.15) is 12.7 Å². The standard InChI is InChI=1S/C5H8N3O/c1-2-9-3-5-6-4-7-8-5/h2-3H2,1H3,(H,6,7,8). The third kappa shape index (κ3) is 1.81. The molecule has 1 radical (unpaired) electrons. The molecule has 0 saturated heterocycles. The Morgan fingerprint density at radius 2 is 2.67 bits per heavy atom. The van der Waals surface area contributed by atoms with Gasteiger partial charge in [0.1, 0.15) is 6.61 Å². The molecule has 4 heteroatoms. The minimum Gasteiger partial charge on any atom is -0.374 e. The summed E-state index contributed by atoms with van der Waals surface area (Å²) in [4.78, 5) is 3.74. The maximum Gasteiger partial charge on any atom is 0.220 e. The highest BCUT2D eigenvalue weighted by atomic mass is 16.5. The number of aromatic nitrogens is 3. The summed E-state index contributed by atoms with van der Waals surface area (Å²) in [7, 11) is 0. The molecule has 0 aromatic carbocycles. The topological polar surface area (TPSA) is 50.8 Å². The number of ether oxygens (including phenoxy) is 1. The molecule has 0 aliphatic rings. The van der Waals surface area contributed by atoms with Crippen LogP contribution in [0.4, 0.5) is 0 Å². The van der Waals surface area contributed by atoms with E-state index in [4.69, 9.17) is 4.74 Å². The summed E-state index contributed by atoms with van der Waals surface area (Å²) >= 11 is 0. The minimum absolute atomic E-state index is 0.493. The molecule has 1 N–H and O–H groups in total. The van der Waals surface area contributed by atoms with Gasteiger partial charge in [-0.3, -0.25) is 5.10 Å². The molecule has 9 heavy (non-hydrogen) atoms. The first-order valence-electron chi connectivity index (χ1n) is 2.78. The molecule has 0 atom stereocenters. The molecule has 0 aliphatic heterocycles. The van der Waals surface area contributed by atoms with Gasteiger partial charge < -0.3 is 4.74 Å². The summed E-state index contributed by atoms with van der Waals surface area (Å²) in [5.41, 5.74) is 0. The van der Waals surface area contributed by atoms with Crippen molar-refractivity contribution < 1.29 is 4.74 Å². The molecule has 1 heterocycles. The van der Waals surface area contributed by atoms with Gasteiger partial charge in [0.15, 0.2) is 5.82 Å². The van der Waals surface area contributed by atoms with E-state index in [0.717, 1.165) is 5.82 Å². The van der Waals surface area contributed by atoms with Crippen molar-refractivity contribution in [3.8, 4) is 0 Å². The molecular weight excluding hydrogens is 118 g/mol. The molecule has 0 spiro atoms. The minimum atomic E-state index is 0.493. The normalized spacial score (nSPS) is 9.89. The van der Waals surface area contributed by atoms with Gasteiger partial charge in [-0.1, -0.05) is 0 Å². The number of hydrogen-bond donors (Lipinski definition) is 1. The van der Waals surface area contributed by atoms with Crippen LogP contribution >= 0.6 is 0 Å². The van der Waals surface area contributed by atoms with Crippen molar-refractivity contribution >= 4 is 0 Å². The zero-order chi connectivity index (χ0) is 6.53. The summed E-state index contributed by atoms with van der Waals surface area (Å²) in [5.74, 6) is 0.719. The maximum atomic E-state index is 5.02. The monoisotopic (exact) mass is 126 g/mol. The van der Waals surface area contributed by atoms with E-state index in [1.807, 2.05) is 6.92 Å². The van der Waals surface area contributed by atoms with Crippen LogP contribution in [0.25, 0.3) is 0 Å². The summed E-state index contributed by atoms with van der Waals surface area (Å²) in [5, 5.41) is 6.16. The van der Waals surface area contributed by atoms with E-state index in [-0.39, 0.29) is 0 Å². The van der Waals surface area contributed by atoms with Crippen molar-refractivity contribution in [2.24, 2.45) is 0 Å². The molecule has 0 bridgehead atoms. The number of aromatic amines is 1. The fourth-order valence-corrected chi connectivity index (χ4v) is 0.463. The van der Waals surface area contributed by atoms with Crippen LogP contribution in [-0.2, 0) is 11.3 Å². The molecule has 0 saturated carbocycles. The van der Waals surface area contributed by atoms with Crippen molar-refractivity contribution in [3.05, 3.63) is 12.2 Å². The van der Waals surface area contributed by atoms with Crippen LogP contribution in [0.15, 0.2) is 0 Å². The molecule has 1 aromatic heterocycles. The highest BCUT2D eigenvalue weighted by Gasteiger charge is 1.91. The van der Waals surface area contributed by atoms with Crippen molar-refractivity contribution in [1.29, 1.82) is 0 Å². The lowest BCUT2D eigenvalue weighted by Crippen LogP contribution is -1.93. The van der Waals surface area contributed by atoms with Crippen molar-refractivity contribution in [2.75, 3.05) is 6.61 Å². The largest absolute Gasteiger partial charge is 0.374 e. The average molecular weight is 126 g/mol. The van der Waals surface area contributed by atoms with Gasteiger partial charge in [0, 0.05) is 6.61 Å². The summed E-state index contributed by atoms with van der Waals surface area (Å²) in [6, 6.07) is 0. The molecule has 4 nitrogen and oxygen atoms in total. The number of rotatable bonds is 3. The fraction of sp³-hybridized carbons (Fsp3) is 0.600. The summed E-state index contributed by atoms with van der Waals surface area (Å²) in [6.45, 7) is 3.12. The van der Waals surface area contributed by atoms with Gasteiger partial charge in [0.2, 0.25) is 6.33 Å². The molecule has 1 aromatic rings. The molecule has 0 amide bonds. The smallest absolute Gasteiger partial charge is 0.220 e. The third-order valence-electron chi connectivity index (χ3n) is 0.863. The van der Waals surface area contributed by atoms with Crippen LogP contribution < -0.4 is 0 Å². The van der Waals surface area contributed by atoms with Gasteiger partial charge in [-0.05, 0) is 6.92 Å². The first kappa shape index (κ1) is 6.22. The second-order valence-corrected chi connectivity index (χ2v) is 1.52. The van der Waals surface area contributed by atoms with Gasteiger partial charge in [-0.25, -0.2) is 4.98 Å². The first-order chi connectivity index (χ1) is 4.43. The lowest BCUT2D eigenvalue weighted by molar-refractivity contribution is 0.128. The zero-order valence-electron chi connectivity index (χ0n) is 5.22. The average Bonchev–Trinajstić information content (AvgIpc) is 2.34. The predicted octanol–water partition coefficient (Wildman–Crippen LogP) is 0.141. The van der Waals surface area contributed by atoms with E-state index in [1.54, 1.807) is 0 Å². The van der Waals surface area contributed by atoms with Gasteiger partial charge in [0.05, 0.1) is 0 Å². The van der Waals surface area contributed by atoms with E-state index in [2.05, 4.69) is 21.5 Å². The molecular formula is C5H8N3O. The Kier molecular flexibility index (Phi) is 2.21. The summed E-state index contributed by atoms with van der Waals surface area (Å²) in [6.07, 6.45) is 2.40. The molecule has 49 valence electrons. The number of nitrogens with zero attached hydrogens (tertiary/aromatic N) is 2. The first-order valence-corrected chi connectivity index (χ1v) is 2.78. The summed E-state index contributed by atoms with van der Waals surface area (Å²) < 4.78 is 5.02. The van der Waals surface area contributed by atoms with Gasteiger partial charge >= 0.3 is 0 Å². The highest BCUT2D eigenvalue weighted by Crippen LogP contribution is 1.87.